The molecule has 2 unspecified atom stereocenters. The first-order valence-corrected chi connectivity index (χ1v) is 18.5. The number of nitrogens with one attached hydrogen (secondary N) is 3. The van der Waals surface area contributed by atoms with Crippen LogP contribution in [0.4, 0.5) is 0 Å². The Morgan fingerprint density at radius 1 is 0.880 bits per heavy atom. The van der Waals surface area contributed by atoms with Gasteiger partial charge in [0.05, 0.1) is 0 Å². The quantitative estimate of drug-likeness (QED) is 0.0806. The summed E-state index contributed by atoms with van der Waals surface area (Å²) in [5.41, 5.74) is 8.38. The number of nitrogens with two attached hydrogens (primary N) is 1. The number of fused-ring (bicyclic) bond motifs is 1. The first-order chi connectivity index (χ1) is 23.5. The molecular formula is C32H58B2N6O9S. The summed E-state index contributed by atoms with van der Waals surface area (Å²) >= 11 is 0. The molecule has 0 bridgehead atoms. The number of hydroxylamine groups is 4. The van der Waals surface area contributed by atoms with Crippen LogP contribution in [0, 0.1) is 20.8 Å². The molecule has 1 heterocycles. The van der Waals surface area contributed by atoms with Crippen LogP contribution in [-0.2, 0) is 45.1 Å². The molecule has 1 aromatic carbocycles. The second kappa shape index (κ2) is 22.4. The molecule has 18 heteroatoms. The number of sulfonamides is 1. The van der Waals surface area contributed by atoms with E-state index in [1.807, 2.05) is 34.6 Å². The number of carbonyl (C=O) groups excluding carboxylic acids is 2. The predicted octanol–water partition coefficient (Wildman–Crippen LogP) is 1.25. The molecule has 0 aromatic heterocycles. The van der Waals surface area contributed by atoms with Crippen molar-refractivity contribution in [2.45, 2.75) is 109 Å². The second-order valence-corrected chi connectivity index (χ2v) is 14.5. The summed E-state index contributed by atoms with van der Waals surface area (Å²) in [6, 6.07) is -0.967. The van der Waals surface area contributed by atoms with Crippen LogP contribution in [0.3, 0.4) is 0 Å². The fraction of sp³-hybridized carbons (Fsp3) is 0.750. The maximum absolute atomic E-state index is 13.2. The van der Waals surface area contributed by atoms with Crippen LogP contribution >= 0.6 is 0 Å². The van der Waals surface area contributed by atoms with Gasteiger partial charge in [-0.05, 0) is 33.6 Å². The third-order valence-corrected chi connectivity index (χ3v) is 10.5. The van der Waals surface area contributed by atoms with E-state index in [0.717, 1.165) is 65.4 Å². The van der Waals surface area contributed by atoms with Gasteiger partial charge < -0.3 is 4.74 Å². The number of hydrogen-bond acceptors (Lipinski definition) is 12. The number of amides is 2. The average Bonchev–Trinajstić information content (AvgIpc) is 3.08. The molecule has 2 atom stereocenters. The Labute approximate surface area is 299 Å². The van der Waals surface area contributed by atoms with Crippen molar-refractivity contribution in [1.29, 1.82) is 0 Å². The molecule has 0 aliphatic carbocycles. The van der Waals surface area contributed by atoms with E-state index in [4.69, 9.17) is 20.1 Å². The maximum atomic E-state index is 13.2. The van der Waals surface area contributed by atoms with Crippen LogP contribution < -0.4 is 25.8 Å². The van der Waals surface area contributed by atoms with E-state index in [-0.39, 0.29) is 42.9 Å². The molecule has 1 aromatic rings. The summed E-state index contributed by atoms with van der Waals surface area (Å²) in [7, 11) is 3.57. The third kappa shape index (κ3) is 13.8. The van der Waals surface area contributed by atoms with E-state index < -0.39 is 16.1 Å². The second-order valence-electron chi connectivity index (χ2n) is 12.8. The van der Waals surface area contributed by atoms with Crippen LogP contribution in [0.5, 0.6) is 5.75 Å². The third-order valence-electron chi connectivity index (χ3n) is 8.75. The Kier molecular flexibility index (Phi) is 20.3. The number of rotatable bonds is 21. The molecule has 0 fully saturated rings. The fourth-order valence-electron chi connectivity index (χ4n) is 5.62. The van der Waals surface area contributed by atoms with Gasteiger partial charge in [0.15, 0.2) is 0 Å². The van der Waals surface area contributed by atoms with E-state index in [2.05, 4.69) is 15.4 Å². The minimum atomic E-state index is -3.72. The van der Waals surface area contributed by atoms with Crippen molar-refractivity contribution < 1.29 is 41.8 Å². The number of unbranched alkanes of at least 4 members (excludes halogenated alkanes) is 2. The van der Waals surface area contributed by atoms with Crippen molar-refractivity contribution in [2.24, 2.45) is 5.73 Å². The van der Waals surface area contributed by atoms with E-state index in [1.54, 1.807) is 7.05 Å². The number of hydrogen-bond donors (Lipinski definition) is 4. The van der Waals surface area contributed by atoms with Gasteiger partial charge in [-0.2, -0.15) is 0 Å². The number of carbonyl (C=O) groups is 2. The Hall–Kier alpha value is -2.60. The van der Waals surface area contributed by atoms with Crippen LogP contribution in [0.15, 0.2) is 4.90 Å². The van der Waals surface area contributed by atoms with Gasteiger partial charge in [-0.15, -0.1) is 0 Å². The predicted molar refractivity (Wildman–Crippen MR) is 192 cm³/mol. The minimum absolute atomic E-state index is 0.0533. The van der Waals surface area contributed by atoms with Crippen LogP contribution in [0.2, 0.25) is 0 Å². The van der Waals surface area contributed by atoms with Crippen molar-refractivity contribution in [1.82, 2.24) is 25.5 Å². The van der Waals surface area contributed by atoms with E-state index in [0.29, 0.717) is 49.8 Å². The first-order valence-electron chi connectivity index (χ1n) is 17.0. The van der Waals surface area contributed by atoms with Gasteiger partial charge >= 0.3 is 250 Å². The molecule has 1 aliphatic rings. The standard InChI is InChI=1S/C23H38BN3O6S.C9H20BN3O3/c1-15-16(2)21(17(3)18-11-12-23(4,5)33-20(15)18)34(30,31)26-13-9-8-10-19(25-14-24-29)22(28)27(6)32-7;1-13(16-2)9(14)8(12-7-10-15)5-3-4-6-11/h19,25-26H,8-14H2,1-7H3;8,12H,3-7,11H2,1-2H3. The van der Waals surface area contributed by atoms with E-state index in [1.165, 1.54) is 21.3 Å². The topological polar surface area (TPSA) is 199 Å². The Bertz CT molecular complexity index is 1380. The molecular weight excluding hydrogens is 666 g/mol. The van der Waals surface area contributed by atoms with Gasteiger partial charge in [0.25, 0.3) is 0 Å². The average molecular weight is 725 g/mol. The Morgan fingerprint density at radius 3 is 1.84 bits per heavy atom. The van der Waals surface area contributed by atoms with E-state index >= 15 is 0 Å². The summed E-state index contributed by atoms with van der Waals surface area (Å²) in [6.07, 6.45) is 5.76. The summed E-state index contributed by atoms with van der Waals surface area (Å²) in [5, 5.41) is 8.02. The van der Waals surface area contributed by atoms with Crippen LogP contribution in [0.1, 0.15) is 81.0 Å². The summed E-state index contributed by atoms with van der Waals surface area (Å²) in [4.78, 5) is 34.2. The van der Waals surface area contributed by atoms with Gasteiger partial charge in [-0.25, -0.2) is 0 Å². The molecule has 0 radical (unpaired) electrons. The van der Waals surface area contributed by atoms with Crippen LogP contribution in [-0.4, -0.2) is 117 Å². The summed E-state index contributed by atoms with van der Waals surface area (Å²) in [6.45, 7) is 10.5. The SMILES string of the molecule is CON(C)C(=O)C(CCCCN)NCB=O.CON(C)C(=O)C(CCCCNS(=O)(=O)c1c(C)c(C)c2c(c1C)CCC(C)(C)O2)NCB=O. The van der Waals surface area contributed by atoms with Gasteiger partial charge in [0.2, 0.25) is 0 Å². The Morgan fingerprint density at radius 2 is 1.38 bits per heavy atom. The molecule has 1 aliphatic heterocycles. The van der Waals surface area contributed by atoms with E-state index in [9.17, 15) is 27.4 Å². The molecule has 2 rings (SSSR count). The van der Waals surface area contributed by atoms with Crippen LogP contribution in [0.25, 0.3) is 0 Å². The Balaban J connectivity index is 0.000000657. The number of ether oxygens (including phenoxy) is 1. The van der Waals surface area contributed by atoms with Crippen molar-refractivity contribution in [3.63, 3.8) is 0 Å². The molecule has 2 amide bonds. The normalized spacial score (nSPS) is 14.5. The number of likely N-dealkylation sites (N-methyl/N-ethyl adjacent to an activating group) is 2. The zero-order valence-corrected chi connectivity index (χ0v) is 32.2. The molecule has 15 nitrogen and oxygen atoms in total. The fourth-order valence-corrected chi connectivity index (χ4v) is 7.26. The summed E-state index contributed by atoms with van der Waals surface area (Å²) in [5.74, 6) is 0.345. The number of nitrogens with zero attached hydrogens (tertiary/aromatic N) is 2. The zero-order valence-electron chi connectivity index (χ0n) is 31.3. The number of benzene rings is 1. The molecule has 0 saturated carbocycles. The molecule has 0 saturated heterocycles. The van der Waals surface area contributed by atoms with Gasteiger partial charge in [0, 0.05) is 0 Å². The molecule has 50 heavy (non-hydrogen) atoms. The van der Waals surface area contributed by atoms with Gasteiger partial charge in [-0.1, -0.05) is 0 Å². The van der Waals surface area contributed by atoms with Crippen molar-refractivity contribution >= 4 is 36.1 Å². The van der Waals surface area contributed by atoms with Gasteiger partial charge in [0.1, 0.15) is 11.4 Å². The monoisotopic (exact) mass is 724 g/mol. The first kappa shape index (κ1) is 45.4. The van der Waals surface area contributed by atoms with Crippen molar-refractivity contribution in [3.05, 3.63) is 22.3 Å². The summed E-state index contributed by atoms with van der Waals surface area (Å²) < 4.78 is 56.3. The zero-order chi connectivity index (χ0) is 38.1. The molecule has 282 valence electrons. The molecule has 5 N–H and O–H groups in total. The van der Waals surface area contributed by atoms with Crippen molar-refractivity contribution in [2.75, 3.05) is 54.3 Å². The molecule has 0 spiro atoms. The van der Waals surface area contributed by atoms with Gasteiger partial charge in [-0.3, -0.25) is 0 Å². The van der Waals surface area contributed by atoms with Crippen molar-refractivity contribution in [3.8, 4) is 5.75 Å².